The molecular weight excluding hydrogens is 316 g/mol. The molecule has 0 aromatic heterocycles. The molecule has 1 aliphatic heterocycles. The van der Waals surface area contributed by atoms with Crippen LogP contribution in [0, 0.1) is 11.8 Å². The zero-order valence-electron chi connectivity index (χ0n) is 14.2. The highest BCUT2D eigenvalue weighted by atomic mass is 32.2. The Bertz CT molecular complexity index is 623. The van der Waals surface area contributed by atoms with Gasteiger partial charge in [0.2, 0.25) is 0 Å². The monoisotopic (exact) mass is 342 g/mol. The van der Waals surface area contributed by atoms with E-state index in [2.05, 4.69) is 18.6 Å². The van der Waals surface area contributed by atoms with Crippen LogP contribution in [0.5, 0.6) is 11.5 Å². The number of benzene rings is 1. The van der Waals surface area contributed by atoms with Gasteiger partial charge in [-0.05, 0) is 36.0 Å². The van der Waals surface area contributed by atoms with Crippen LogP contribution in [0.25, 0.3) is 0 Å². The Kier molecular flexibility index (Phi) is 5.89. The number of rotatable bonds is 6. The number of hydrogen-bond donors (Lipinski definition) is 1. The van der Waals surface area contributed by atoms with Gasteiger partial charge in [-0.3, -0.25) is 0 Å². The number of nitrogens with one attached hydrogen (secondary N) is 1. The van der Waals surface area contributed by atoms with Gasteiger partial charge >= 0.3 is 0 Å². The Labute approximate surface area is 139 Å². The largest absolute Gasteiger partial charge is 0.493 e. The summed E-state index contributed by atoms with van der Waals surface area (Å²) < 4.78 is 39.6. The van der Waals surface area contributed by atoms with Crippen molar-refractivity contribution in [1.82, 2.24) is 9.03 Å². The minimum Gasteiger partial charge on any atom is -0.493 e. The lowest BCUT2D eigenvalue weighted by Gasteiger charge is -2.33. The van der Waals surface area contributed by atoms with E-state index < -0.39 is 10.2 Å². The minimum atomic E-state index is -3.47. The second-order valence-electron chi connectivity index (χ2n) is 6.28. The maximum Gasteiger partial charge on any atom is 0.279 e. The first kappa shape index (κ1) is 18.0. The van der Waals surface area contributed by atoms with Crippen LogP contribution in [-0.2, 0) is 16.8 Å². The van der Waals surface area contributed by atoms with Gasteiger partial charge in [0.1, 0.15) is 0 Å². The molecule has 0 unspecified atom stereocenters. The molecule has 1 aliphatic rings. The molecule has 0 radical (unpaired) electrons. The van der Waals surface area contributed by atoms with Gasteiger partial charge in [-0.2, -0.15) is 17.4 Å². The molecule has 1 heterocycles. The number of piperidine rings is 1. The van der Waals surface area contributed by atoms with E-state index in [1.807, 2.05) is 6.07 Å². The Hall–Kier alpha value is -1.31. The summed E-state index contributed by atoms with van der Waals surface area (Å²) in [5.41, 5.74) is 0.823. The standard InChI is InChI=1S/C16H26N2O4S/c1-12-7-13(2)11-18(10-12)23(19,20)17-9-14-5-6-15(21-3)16(8-14)22-4/h5-6,8,12-13,17H,7,9-11H2,1-4H3/t12-,13+. The molecule has 1 saturated heterocycles. The Morgan fingerprint density at radius 1 is 1.13 bits per heavy atom. The number of hydrogen-bond acceptors (Lipinski definition) is 4. The molecule has 1 fully saturated rings. The van der Waals surface area contributed by atoms with Crippen molar-refractivity contribution < 1.29 is 17.9 Å². The second-order valence-corrected chi connectivity index (χ2v) is 8.03. The molecule has 1 aromatic rings. The first-order valence-corrected chi connectivity index (χ1v) is 9.25. The first-order valence-electron chi connectivity index (χ1n) is 7.81. The Balaban J connectivity index is 2.04. The van der Waals surface area contributed by atoms with Crippen LogP contribution in [0.3, 0.4) is 0 Å². The summed E-state index contributed by atoms with van der Waals surface area (Å²) in [7, 11) is -0.345. The van der Waals surface area contributed by atoms with Gasteiger partial charge in [-0.1, -0.05) is 19.9 Å². The SMILES string of the molecule is COc1ccc(CNS(=O)(=O)N2C[C@H](C)C[C@H](C)C2)cc1OC. The Morgan fingerprint density at radius 3 is 2.30 bits per heavy atom. The molecule has 2 rings (SSSR count). The van der Waals surface area contributed by atoms with E-state index in [0.29, 0.717) is 36.4 Å². The molecule has 0 amide bonds. The highest BCUT2D eigenvalue weighted by molar-refractivity contribution is 7.87. The van der Waals surface area contributed by atoms with Gasteiger partial charge in [0, 0.05) is 19.6 Å². The molecule has 1 aromatic carbocycles. The van der Waals surface area contributed by atoms with Gasteiger partial charge < -0.3 is 9.47 Å². The minimum absolute atomic E-state index is 0.224. The predicted octanol–water partition coefficient (Wildman–Crippen LogP) is 2.02. The number of methoxy groups -OCH3 is 2. The van der Waals surface area contributed by atoms with Crippen molar-refractivity contribution in [1.29, 1.82) is 0 Å². The van der Waals surface area contributed by atoms with Crippen LogP contribution in [0.15, 0.2) is 18.2 Å². The predicted molar refractivity (Wildman–Crippen MR) is 89.8 cm³/mol. The lowest BCUT2D eigenvalue weighted by Crippen LogP contribution is -2.47. The average molecular weight is 342 g/mol. The summed E-state index contributed by atoms with van der Waals surface area (Å²) in [6, 6.07) is 5.38. The van der Waals surface area contributed by atoms with Crippen molar-refractivity contribution >= 4 is 10.2 Å². The molecule has 2 atom stereocenters. The third-order valence-electron chi connectivity index (χ3n) is 4.08. The third kappa shape index (κ3) is 4.59. The van der Waals surface area contributed by atoms with Crippen molar-refractivity contribution in [3.05, 3.63) is 23.8 Å². The summed E-state index contributed by atoms with van der Waals surface area (Å²) in [6.07, 6.45) is 1.07. The Morgan fingerprint density at radius 2 is 1.74 bits per heavy atom. The van der Waals surface area contributed by atoms with E-state index in [4.69, 9.17) is 9.47 Å². The fourth-order valence-electron chi connectivity index (χ4n) is 3.06. The highest BCUT2D eigenvalue weighted by Crippen LogP contribution is 2.28. The number of nitrogens with zero attached hydrogens (tertiary/aromatic N) is 1. The van der Waals surface area contributed by atoms with Crippen LogP contribution in [0.2, 0.25) is 0 Å². The first-order chi connectivity index (χ1) is 10.9. The average Bonchev–Trinajstić information content (AvgIpc) is 2.51. The fourth-order valence-corrected chi connectivity index (χ4v) is 4.49. The van der Waals surface area contributed by atoms with Gasteiger partial charge in [0.15, 0.2) is 11.5 Å². The molecular formula is C16H26N2O4S. The number of ether oxygens (including phenoxy) is 2. The fraction of sp³-hybridized carbons (Fsp3) is 0.625. The quantitative estimate of drug-likeness (QED) is 0.859. The summed E-state index contributed by atoms with van der Waals surface area (Å²) in [5, 5.41) is 0. The van der Waals surface area contributed by atoms with Crippen molar-refractivity contribution in [3.8, 4) is 11.5 Å². The van der Waals surface area contributed by atoms with Gasteiger partial charge in [0.25, 0.3) is 10.2 Å². The lowest BCUT2D eigenvalue weighted by atomic mass is 9.94. The molecule has 0 bridgehead atoms. The third-order valence-corrected chi connectivity index (χ3v) is 5.57. The smallest absolute Gasteiger partial charge is 0.279 e. The van der Waals surface area contributed by atoms with Gasteiger partial charge in [-0.15, -0.1) is 0 Å². The van der Waals surface area contributed by atoms with E-state index in [9.17, 15) is 8.42 Å². The van der Waals surface area contributed by atoms with Crippen molar-refractivity contribution in [2.24, 2.45) is 11.8 Å². The molecule has 0 spiro atoms. The highest BCUT2D eigenvalue weighted by Gasteiger charge is 2.30. The maximum absolute atomic E-state index is 12.5. The van der Waals surface area contributed by atoms with E-state index in [1.165, 1.54) is 0 Å². The van der Waals surface area contributed by atoms with Crippen molar-refractivity contribution in [3.63, 3.8) is 0 Å². The molecule has 0 saturated carbocycles. The summed E-state index contributed by atoms with van der Waals surface area (Å²) in [5.74, 6) is 1.98. The summed E-state index contributed by atoms with van der Waals surface area (Å²) >= 11 is 0. The molecule has 0 aliphatic carbocycles. The summed E-state index contributed by atoms with van der Waals surface area (Å²) in [4.78, 5) is 0. The van der Waals surface area contributed by atoms with Crippen LogP contribution in [0.1, 0.15) is 25.8 Å². The van der Waals surface area contributed by atoms with E-state index in [-0.39, 0.29) is 6.54 Å². The van der Waals surface area contributed by atoms with Crippen molar-refractivity contribution in [2.75, 3.05) is 27.3 Å². The van der Waals surface area contributed by atoms with Gasteiger partial charge in [0.05, 0.1) is 14.2 Å². The topological polar surface area (TPSA) is 67.9 Å². The normalized spacial score (nSPS) is 22.8. The summed E-state index contributed by atoms with van der Waals surface area (Å²) in [6.45, 7) is 5.55. The van der Waals surface area contributed by atoms with Gasteiger partial charge in [-0.25, -0.2) is 0 Å². The lowest BCUT2D eigenvalue weighted by molar-refractivity contribution is 0.220. The molecule has 7 heteroatoms. The van der Waals surface area contributed by atoms with Crippen LogP contribution in [-0.4, -0.2) is 40.0 Å². The molecule has 1 N–H and O–H groups in total. The zero-order valence-corrected chi connectivity index (χ0v) is 15.0. The van der Waals surface area contributed by atoms with E-state index in [0.717, 1.165) is 12.0 Å². The molecule has 23 heavy (non-hydrogen) atoms. The van der Waals surface area contributed by atoms with Crippen LogP contribution >= 0.6 is 0 Å². The van der Waals surface area contributed by atoms with Crippen LogP contribution < -0.4 is 14.2 Å². The second kappa shape index (κ2) is 7.51. The van der Waals surface area contributed by atoms with E-state index >= 15 is 0 Å². The zero-order chi connectivity index (χ0) is 17.0. The van der Waals surface area contributed by atoms with E-state index in [1.54, 1.807) is 30.7 Å². The maximum atomic E-state index is 12.5. The van der Waals surface area contributed by atoms with Crippen LogP contribution in [0.4, 0.5) is 0 Å². The van der Waals surface area contributed by atoms with Crippen molar-refractivity contribution in [2.45, 2.75) is 26.8 Å². The molecule has 6 nitrogen and oxygen atoms in total. The molecule has 130 valence electrons.